The van der Waals surface area contributed by atoms with E-state index in [1.54, 1.807) is 60.7 Å². The molecular formula is C26H28N2O4. The molecule has 6 heteroatoms. The zero-order chi connectivity index (χ0) is 23.1. The fourth-order valence-corrected chi connectivity index (χ4v) is 3.10. The molecule has 166 valence electrons. The predicted molar refractivity (Wildman–Crippen MR) is 127 cm³/mol. The molecule has 3 aromatic rings. The lowest BCUT2D eigenvalue weighted by Gasteiger charge is -2.17. The third kappa shape index (κ3) is 5.88. The summed E-state index contributed by atoms with van der Waals surface area (Å²) < 4.78 is 11.5. The maximum absolute atomic E-state index is 13.0. The molecule has 3 aromatic carbocycles. The summed E-state index contributed by atoms with van der Waals surface area (Å²) in [6, 6.07) is 21.2. The van der Waals surface area contributed by atoms with Crippen molar-refractivity contribution in [3.8, 4) is 11.5 Å². The third-order valence-corrected chi connectivity index (χ3v) is 4.41. The zero-order valence-electron chi connectivity index (χ0n) is 18.7. The zero-order valence-corrected chi connectivity index (χ0v) is 18.7. The first-order valence-corrected chi connectivity index (χ1v) is 10.6. The molecule has 2 amide bonds. The SMILES string of the molecule is CC(C)Oc1ccccc1C(=O)Nc1ccccc1NC(=O)c1ccccc1OC(C)C. The lowest BCUT2D eigenvalue weighted by Crippen LogP contribution is -2.19. The topological polar surface area (TPSA) is 76.7 Å². The van der Waals surface area contributed by atoms with Gasteiger partial charge in [0, 0.05) is 0 Å². The van der Waals surface area contributed by atoms with Crippen molar-refractivity contribution in [3.05, 3.63) is 83.9 Å². The van der Waals surface area contributed by atoms with Gasteiger partial charge in [-0.2, -0.15) is 0 Å². The lowest BCUT2D eigenvalue weighted by molar-refractivity contribution is 0.101. The highest BCUT2D eigenvalue weighted by Gasteiger charge is 2.17. The Morgan fingerprint density at radius 2 is 0.938 bits per heavy atom. The molecule has 2 N–H and O–H groups in total. The molecule has 0 aliphatic rings. The number of nitrogens with one attached hydrogen (secondary N) is 2. The molecule has 0 aromatic heterocycles. The molecule has 0 spiro atoms. The molecule has 0 atom stereocenters. The summed E-state index contributed by atoms with van der Waals surface area (Å²) in [5.41, 5.74) is 1.79. The largest absolute Gasteiger partial charge is 0.490 e. The minimum atomic E-state index is -0.327. The smallest absolute Gasteiger partial charge is 0.259 e. The van der Waals surface area contributed by atoms with Gasteiger partial charge in [0.25, 0.3) is 11.8 Å². The molecule has 0 heterocycles. The van der Waals surface area contributed by atoms with Crippen molar-refractivity contribution in [2.75, 3.05) is 10.6 Å². The van der Waals surface area contributed by atoms with Gasteiger partial charge in [0.2, 0.25) is 0 Å². The first kappa shape index (κ1) is 22.9. The molecule has 3 rings (SSSR count). The van der Waals surface area contributed by atoms with Crippen molar-refractivity contribution in [2.24, 2.45) is 0 Å². The van der Waals surface area contributed by atoms with Crippen molar-refractivity contribution in [1.29, 1.82) is 0 Å². The number of benzene rings is 3. The van der Waals surface area contributed by atoms with Crippen molar-refractivity contribution >= 4 is 23.2 Å². The molecule has 0 unspecified atom stereocenters. The molecule has 0 bridgehead atoms. The van der Waals surface area contributed by atoms with Crippen LogP contribution >= 0.6 is 0 Å². The van der Waals surface area contributed by atoms with Crippen LogP contribution in [0.2, 0.25) is 0 Å². The monoisotopic (exact) mass is 432 g/mol. The van der Waals surface area contributed by atoms with Gasteiger partial charge in [-0.1, -0.05) is 36.4 Å². The van der Waals surface area contributed by atoms with E-state index in [0.717, 1.165) is 0 Å². The minimum Gasteiger partial charge on any atom is -0.490 e. The van der Waals surface area contributed by atoms with E-state index in [0.29, 0.717) is 34.0 Å². The van der Waals surface area contributed by atoms with Gasteiger partial charge in [0.1, 0.15) is 11.5 Å². The van der Waals surface area contributed by atoms with Crippen LogP contribution in [0.3, 0.4) is 0 Å². The highest BCUT2D eigenvalue weighted by atomic mass is 16.5. The van der Waals surface area contributed by atoms with E-state index < -0.39 is 0 Å². The van der Waals surface area contributed by atoms with Gasteiger partial charge >= 0.3 is 0 Å². The summed E-state index contributed by atoms with van der Waals surface area (Å²) in [6.45, 7) is 7.61. The molecule has 0 fully saturated rings. The van der Waals surface area contributed by atoms with Gasteiger partial charge in [-0.15, -0.1) is 0 Å². The molecule has 0 radical (unpaired) electrons. The number of hydrogen-bond donors (Lipinski definition) is 2. The van der Waals surface area contributed by atoms with Gasteiger partial charge in [-0.25, -0.2) is 0 Å². The van der Waals surface area contributed by atoms with Gasteiger partial charge < -0.3 is 20.1 Å². The van der Waals surface area contributed by atoms with Gasteiger partial charge in [-0.3, -0.25) is 9.59 Å². The Kier molecular flexibility index (Phi) is 7.49. The fourth-order valence-electron chi connectivity index (χ4n) is 3.10. The second-order valence-corrected chi connectivity index (χ2v) is 7.78. The Balaban J connectivity index is 1.82. The van der Waals surface area contributed by atoms with E-state index in [1.165, 1.54) is 0 Å². The van der Waals surface area contributed by atoms with Crippen LogP contribution < -0.4 is 20.1 Å². The molecule has 32 heavy (non-hydrogen) atoms. The first-order valence-electron chi connectivity index (χ1n) is 10.6. The third-order valence-electron chi connectivity index (χ3n) is 4.41. The number of carbonyl (C=O) groups is 2. The van der Waals surface area contributed by atoms with E-state index in [-0.39, 0.29) is 24.0 Å². The summed E-state index contributed by atoms with van der Waals surface area (Å²) in [5, 5.41) is 5.76. The molecule has 6 nitrogen and oxygen atoms in total. The van der Waals surface area contributed by atoms with Crippen LogP contribution in [-0.4, -0.2) is 24.0 Å². The molecule has 0 saturated carbocycles. The lowest BCUT2D eigenvalue weighted by atomic mass is 10.1. The van der Waals surface area contributed by atoms with Gasteiger partial charge in [0.15, 0.2) is 0 Å². The van der Waals surface area contributed by atoms with Crippen LogP contribution in [0, 0.1) is 0 Å². The van der Waals surface area contributed by atoms with Gasteiger partial charge in [-0.05, 0) is 64.1 Å². The van der Waals surface area contributed by atoms with Crippen molar-refractivity contribution in [2.45, 2.75) is 39.9 Å². The van der Waals surface area contributed by atoms with Crippen molar-refractivity contribution in [3.63, 3.8) is 0 Å². The number of rotatable bonds is 8. The van der Waals surface area contributed by atoms with Crippen LogP contribution in [-0.2, 0) is 0 Å². The van der Waals surface area contributed by atoms with Crippen LogP contribution in [0.25, 0.3) is 0 Å². The maximum atomic E-state index is 13.0. The van der Waals surface area contributed by atoms with E-state index in [1.807, 2.05) is 39.8 Å². The summed E-state index contributed by atoms with van der Waals surface area (Å²) in [6.07, 6.45) is -0.132. The normalized spacial score (nSPS) is 10.7. The van der Waals surface area contributed by atoms with E-state index >= 15 is 0 Å². The fraction of sp³-hybridized carbons (Fsp3) is 0.231. The van der Waals surface area contributed by atoms with Gasteiger partial charge in [0.05, 0.1) is 34.7 Å². The highest BCUT2D eigenvalue weighted by molar-refractivity contribution is 6.11. The Morgan fingerprint density at radius 1 is 0.594 bits per heavy atom. The first-order chi connectivity index (χ1) is 15.3. The molecular weight excluding hydrogens is 404 g/mol. The van der Waals surface area contributed by atoms with Crippen LogP contribution in [0.1, 0.15) is 48.4 Å². The number of ether oxygens (including phenoxy) is 2. The number of para-hydroxylation sites is 4. The Morgan fingerprint density at radius 3 is 1.31 bits per heavy atom. The van der Waals surface area contributed by atoms with Crippen molar-refractivity contribution in [1.82, 2.24) is 0 Å². The Labute approximate surface area is 188 Å². The summed E-state index contributed by atoms with van der Waals surface area (Å²) >= 11 is 0. The molecule has 0 aliphatic carbocycles. The standard InChI is InChI=1S/C26H28N2O4/c1-17(2)31-23-15-9-5-11-19(23)25(29)27-21-13-7-8-14-22(21)28-26(30)20-12-6-10-16-24(20)32-18(3)4/h5-18H,1-4H3,(H,27,29)(H,28,30). The van der Waals surface area contributed by atoms with E-state index in [4.69, 9.17) is 9.47 Å². The second-order valence-electron chi connectivity index (χ2n) is 7.78. The number of amides is 2. The number of hydrogen-bond acceptors (Lipinski definition) is 4. The van der Waals surface area contributed by atoms with Crippen LogP contribution in [0.15, 0.2) is 72.8 Å². The summed E-state index contributed by atoms with van der Waals surface area (Å²) in [5.74, 6) is 0.348. The minimum absolute atomic E-state index is 0.0661. The second kappa shape index (κ2) is 10.5. The average molecular weight is 433 g/mol. The Bertz CT molecular complexity index is 1010. The Hall–Kier alpha value is -3.80. The molecule has 0 saturated heterocycles. The van der Waals surface area contributed by atoms with Crippen LogP contribution in [0.4, 0.5) is 11.4 Å². The molecule has 0 aliphatic heterocycles. The van der Waals surface area contributed by atoms with Crippen LogP contribution in [0.5, 0.6) is 11.5 Å². The number of anilines is 2. The summed E-state index contributed by atoms with van der Waals surface area (Å²) in [4.78, 5) is 26.0. The van der Waals surface area contributed by atoms with E-state index in [2.05, 4.69) is 10.6 Å². The summed E-state index contributed by atoms with van der Waals surface area (Å²) in [7, 11) is 0. The average Bonchev–Trinajstić information content (AvgIpc) is 2.75. The predicted octanol–water partition coefficient (Wildman–Crippen LogP) is 5.77. The highest BCUT2D eigenvalue weighted by Crippen LogP contribution is 2.27. The van der Waals surface area contributed by atoms with E-state index in [9.17, 15) is 9.59 Å². The number of carbonyl (C=O) groups excluding carboxylic acids is 2. The van der Waals surface area contributed by atoms with Crippen molar-refractivity contribution < 1.29 is 19.1 Å². The quantitative estimate of drug-likeness (QED) is 0.474. The maximum Gasteiger partial charge on any atom is 0.259 e.